The number of piperidine rings is 1. The van der Waals surface area contributed by atoms with Gasteiger partial charge in [-0.15, -0.1) is 0 Å². The molecule has 7 heteroatoms. The Labute approximate surface area is 146 Å². The zero-order chi connectivity index (χ0) is 17.6. The number of rotatable bonds is 2. The van der Waals surface area contributed by atoms with Crippen LogP contribution in [-0.4, -0.2) is 54.4 Å². The van der Waals surface area contributed by atoms with Gasteiger partial charge < -0.3 is 30.8 Å². The quantitative estimate of drug-likeness (QED) is 0.658. The Morgan fingerprint density at radius 3 is 2.84 bits per heavy atom. The SMILES string of the molecule is COc1ccc2c3c([nH]c2c1)C(CO)NCC31CCN(C(N)=O)CC1. The number of hydrogen-bond donors (Lipinski definition) is 4. The summed E-state index contributed by atoms with van der Waals surface area (Å²) in [6, 6.07) is 5.60. The van der Waals surface area contributed by atoms with E-state index < -0.39 is 0 Å². The summed E-state index contributed by atoms with van der Waals surface area (Å²) in [4.78, 5) is 16.7. The second kappa shape index (κ2) is 5.93. The van der Waals surface area contributed by atoms with Crippen LogP contribution in [-0.2, 0) is 5.41 Å². The zero-order valence-corrected chi connectivity index (χ0v) is 14.3. The van der Waals surface area contributed by atoms with Crippen LogP contribution < -0.4 is 15.8 Å². The lowest BCUT2D eigenvalue weighted by Gasteiger charge is -2.46. The molecule has 4 rings (SSSR count). The second-order valence-electron chi connectivity index (χ2n) is 7.05. The highest BCUT2D eigenvalue weighted by Crippen LogP contribution is 2.46. The molecule has 1 saturated heterocycles. The Morgan fingerprint density at radius 2 is 2.20 bits per heavy atom. The molecule has 2 amide bonds. The Morgan fingerprint density at radius 1 is 1.44 bits per heavy atom. The number of aromatic amines is 1. The minimum absolute atomic E-state index is 0.0421. The van der Waals surface area contributed by atoms with Crippen molar-refractivity contribution >= 4 is 16.9 Å². The van der Waals surface area contributed by atoms with Gasteiger partial charge >= 0.3 is 6.03 Å². The molecule has 134 valence electrons. The summed E-state index contributed by atoms with van der Waals surface area (Å²) in [5.41, 5.74) is 8.72. The lowest BCUT2D eigenvalue weighted by atomic mass is 9.69. The van der Waals surface area contributed by atoms with Crippen LogP contribution in [0.15, 0.2) is 18.2 Å². The van der Waals surface area contributed by atoms with Gasteiger partial charge in [0.15, 0.2) is 0 Å². The van der Waals surface area contributed by atoms with E-state index in [0.717, 1.165) is 36.3 Å². The molecule has 2 aliphatic rings. The van der Waals surface area contributed by atoms with E-state index in [1.807, 2.05) is 12.1 Å². The maximum absolute atomic E-state index is 11.5. The first kappa shape index (κ1) is 16.2. The fourth-order valence-corrected chi connectivity index (χ4v) is 4.40. The summed E-state index contributed by atoms with van der Waals surface area (Å²) in [6.45, 7) is 2.14. The predicted molar refractivity (Wildman–Crippen MR) is 94.7 cm³/mol. The highest BCUT2D eigenvalue weighted by Gasteiger charge is 2.44. The molecule has 0 bridgehead atoms. The van der Waals surface area contributed by atoms with Gasteiger partial charge in [-0.1, -0.05) is 0 Å². The number of aliphatic hydroxyl groups excluding tert-OH is 1. The number of likely N-dealkylation sites (tertiary alicyclic amines) is 1. The molecule has 5 N–H and O–H groups in total. The third-order valence-corrected chi connectivity index (χ3v) is 5.82. The van der Waals surface area contributed by atoms with Crippen LogP contribution in [0.25, 0.3) is 10.9 Å². The minimum Gasteiger partial charge on any atom is -0.497 e. The number of urea groups is 1. The number of nitrogens with zero attached hydrogens (tertiary/aromatic N) is 1. The number of carbonyl (C=O) groups excluding carboxylic acids is 1. The van der Waals surface area contributed by atoms with Gasteiger partial charge in [-0.2, -0.15) is 0 Å². The second-order valence-corrected chi connectivity index (χ2v) is 7.05. The molecule has 7 nitrogen and oxygen atoms in total. The number of hydrogen-bond acceptors (Lipinski definition) is 4. The highest BCUT2D eigenvalue weighted by atomic mass is 16.5. The Balaban J connectivity index is 1.82. The molecule has 0 aliphatic carbocycles. The third-order valence-electron chi connectivity index (χ3n) is 5.82. The van der Waals surface area contributed by atoms with Gasteiger partial charge in [0.05, 0.1) is 19.8 Å². The summed E-state index contributed by atoms with van der Waals surface area (Å²) < 4.78 is 5.34. The molecule has 0 saturated carbocycles. The number of fused-ring (bicyclic) bond motifs is 4. The van der Waals surface area contributed by atoms with E-state index in [1.54, 1.807) is 12.0 Å². The number of aliphatic hydroxyl groups is 1. The van der Waals surface area contributed by atoms with Crippen molar-refractivity contribution < 1.29 is 14.6 Å². The molecule has 2 aromatic rings. The molecule has 2 aliphatic heterocycles. The van der Waals surface area contributed by atoms with Crippen LogP contribution in [0.5, 0.6) is 5.75 Å². The number of benzene rings is 1. The van der Waals surface area contributed by atoms with E-state index in [9.17, 15) is 9.90 Å². The number of aromatic nitrogens is 1. The van der Waals surface area contributed by atoms with E-state index in [4.69, 9.17) is 10.5 Å². The fourth-order valence-electron chi connectivity index (χ4n) is 4.40. The number of ether oxygens (including phenoxy) is 1. The zero-order valence-electron chi connectivity index (χ0n) is 14.3. The lowest BCUT2D eigenvalue weighted by Crippen LogP contribution is -2.54. The highest BCUT2D eigenvalue weighted by molar-refractivity contribution is 5.88. The Bertz CT molecular complexity index is 808. The molecule has 0 radical (unpaired) electrons. The number of primary amides is 1. The smallest absolute Gasteiger partial charge is 0.314 e. The first-order valence-corrected chi connectivity index (χ1v) is 8.67. The molecule has 1 unspecified atom stereocenters. The van der Waals surface area contributed by atoms with E-state index in [0.29, 0.717) is 13.1 Å². The van der Waals surface area contributed by atoms with Crippen molar-refractivity contribution in [3.8, 4) is 5.75 Å². The summed E-state index contributed by atoms with van der Waals surface area (Å²) in [5, 5.41) is 14.4. The topological polar surface area (TPSA) is 104 Å². The molecule has 1 spiro atoms. The van der Waals surface area contributed by atoms with Gasteiger partial charge in [-0.05, 0) is 30.5 Å². The van der Waals surface area contributed by atoms with Crippen LogP contribution in [0.1, 0.15) is 30.1 Å². The van der Waals surface area contributed by atoms with Gasteiger partial charge in [-0.25, -0.2) is 4.79 Å². The van der Waals surface area contributed by atoms with Gasteiger partial charge in [-0.3, -0.25) is 0 Å². The van der Waals surface area contributed by atoms with E-state index in [-0.39, 0.29) is 24.1 Å². The standard InChI is InChI=1S/C18H24N4O3/c1-25-11-2-3-12-13(8-11)21-16-14(9-23)20-10-18(15(12)16)4-6-22(7-5-18)17(19)24/h2-3,8,14,20-21,23H,4-7,9-10H2,1H3,(H2,19,24). The first-order chi connectivity index (χ1) is 12.1. The number of methoxy groups -OCH3 is 1. The van der Waals surface area contributed by atoms with Crippen molar-refractivity contribution in [3.63, 3.8) is 0 Å². The number of nitrogens with one attached hydrogen (secondary N) is 2. The first-order valence-electron chi connectivity index (χ1n) is 8.67. The van der Waals surface area contributed by atoms with E-state index in [2.05, 4.69) is 16.4 Å². The number of amides is 2. The molecule has 25 heavy (non-hydrogen) atoms. The summed E-state index contributed by atoms with van der Waals surface area (Å²) >= 11 is 0. The number of H-pyrrole nitrogens is 1. The van der Waals surface area contributed by atoms with Crippen molar-refractivity contribution in [2.45, 2.75) is 24.3 Å². The summed E-state index contributed by atoms with van der Waals surface area (Å²) in [5.74, 6) is 0.803. The average Bonchev–Trinajstić information content (AvgIpc) is 3.02. The fraction of sp³-hybridized carbons (Fsp3) is 0.500. The van der Waals surface area contributed by atoms with E-state index in [1.165, 1.54) is 10.9 Å². The van der Waals surface area contributed by atoms with Crippen molar-refractivity contribution in [3.05, 3.63) is 29.5 Å². The third kappa shape index (κ3) is 2.46. The molecule has 1 atom stereocenters. The average molecular weight is 344 g/mol. The maximum atomic E-state index is 11.5. The minimum atomic E-state index is -0.351. The van der Waals surface area contributed by atoms with Crippen LogP contribution in [0.4, 0.5) is 4.79 Å². The van der Waals surface area contributed by atoms with Gasteiger partial charge in [0.25, 0.3) is 0 Å². The van der Waals surface area contributed by atoms with Crippen molar-refractivity contribution in [2.24, 2.45) is 5.73 Å². The van der Waals surface area contributed by atoms with Gasteiger partial charge in [0, 0.05) is 47.7 Å². The maximum Gasteiger partial charge on any atom is 0.314 e. The monoisotopic (exact) mass is 344 g/mol. The molecular formula is C18H24N4O3. The normalized spacial score (nSPS) is 22.2. The predicted octanol–water partition coefficient (Wildman–Crippen LogP) is 1.23. The van der Waals surface area contributed by atoms with Crippen molar-refractivity contribution in [1.29, 1.82) is 0 Å². The Kier molecular flexibility index (Phi) is 3.85. The number of carbonyl (C=O) groups is 1. The van der Waals surface area contributed by atoms with E-state index >= 15 is 0 Å². The lowest BCUT2D eigenvalue weighted by molar-refractivity contribution is 0.147. The summed E-state index contributed by atoms with van der Waals surface area (Å²) in [7, 11) is 1.66. The van der Waals surface area contributed by atoms with Crippen LogP contribution in [0, 0.1) is 0 Å². The molecule has 1 aromatic carbocycles. The van der Waals surface area contributed by atoms with Gasteiger partial charge in [0.2, 0.25) is 0 Å². The van der Waals surface area contributed by atoms with Crippen LogP contribution in [0.3, 0.4) is 0 Å². The number of nitrogens with two attached hydrogens (primary N) is 1. The van der Waals surface area contributed by atoms with Crippen molar-refractivity contribution in [2.75, 3.05) is 33.4 Å². The Hall–Kier alpha value is -2.25. The van der Waals surface area contributed by atoms with Crippen LogP contribution >= 0.6 is 0 Å². The molecule has 1 fully saturated rings. The molecule has 3 heterocycles. The van der Waals surface area contributed by atoms with Crippen LogP contribution in [0.2, 0.25) is 0 Å². The molecule has 1 aromatic heterocycles. The van der Waals surface area contributed by atoms with Gasteiger partial charge in [0.1, 0.15) is 5.75 Å². The largest absolute Gasteiger partial charge is 0.497 e. The summed E-state index contributed by atoms with van der Waals surface area (Å²) in [6.07, 6.45) is 1.71. The van der Waals surface area contributed by atoms with Crippen molar-refractivity contribution in [1.82, 2.24) is 15.2 Å². The molecular weight excluding hydrogens is 320 g/mol.